The van der Waals surface area contributed by atoms with Crippen LogP contribution in [0.4, 0.5) is 0 Å². The molecule has 2 rings (SSSR count). The molecule has 2 unspecified atom stereocenters. The second-order valence-corrected chi connectivity index (χ2v) is 5.93. The van der Waals surface area contributed by atoms with E-state index in [9.17, 15) is 4.79 Å². The van der Waals surface area contributed by atoms with Crippen molar-refractivity contribution in [3.8, 4) is 0 Å². The number of nitrogens with one attached hydrogen (secondary N) is 1. The van der Waals surface area contributed by atoms with Gasteiger partial charge in [0.15, 0.2) is 0 Å². The third kappa shape index (κ3) is 2.05. The van der Waals surface area contributed by atoms with Crippen molar-refractivity contribution in [1.82, 2.24) is 10.2 Å². The van der Waals surface area contributed by atoms with Crippen LogP contribution in [0.3, 0.4) is 0 Å². The molecule has 18 heavy (non-hydrogen) atoms. The van der Waals surface area contributed by atoms with Gasteiger partial charge < -0.3 is 9.64 Å². The normalized spacial score (nSPS) is 34.8. The molecule has 2 aliphatic rings. The molecule has 4 heteroatoms. The lowest BCUT2D eigenvalue weighted by Gasteiger charge is -2.44. The van der Waals surface area contributed by atoms with Crippen molar-refractivity contribution in [2.75, 3.05) is 13.7 Å². The van der Waals surface area contributed by atoms with E-state index in [-0.39, 0.29) is 23.2 Å². The minimum atomic E-state index is -0.390. The standard InChI is InChI=1S/C14H26N2O2/c1-5-11-15-13(3,6-2)12(17)16(11)10-14(18-4)8-7-9-14/h11,15H,5-10H2,1-4H3. The Labute approximate surface area is 110 Å². The number of methoxy groups -OCH3 is 1. The molecule has 4 nitrogen and oxygen atoms in total. The highest BCUT2D eigenvalue weighted by atomic mass is 16.5. The van der Waals surface area contributed by atoms with E-state index in [1.165, 1.54) is 6.42 Å². The van der Waals surface area contributed by atoms with Crippen LogP contribution in [-0.4, -0.2) is 41.8 Å². The maximum atomic E-state index is 12.6. The minimum Gasteiger partial charge on any atom is -0.376 e. The monoisotopic (exact) mass is 254 g/mol. The predicted molar refractivity (Wildman–Crippen MR) is 71.2 cm³/mol. The lowest BCUT2D eigenvalue weighted by Crippen LogP contribution is -2.53. The number of nitrogens with zero attached hydrogens (tertiary/aromatic N) is 1. The summed E-state index contributed by atoms with van der Waals surface area (Å²) in [5.74, 6) is 0.236. The van der Waals surface area contributed by atoms with Gasteiger partial charge in [0, 0.05) is 7.11 Å². The maximum absolute atomic E-state index is 12.6. The third-order valence-corrected chi connectivity index (χ3v) is 4.84. The van der Waals surface area contributed by atoms with Gasteiger partial charge in [-0.15, -0.1) is 0 Å². The molecule has 1 aliphatic carbocycles. The summed E-state index contributed by atoms with van der Waals surface area (Å²) in [5.41, 5.74) is -0.469. The van der Waals surface area contributed by atoms with Crippen molar-refractivity contribution >= 4 is 5.91 Å². The number of hydrogen-bond donors (Lipinski definition) is 1. The van der Waals surface area contributed by atoms with Crippen molar-refractivity contribution in [2.45, 2.75) is 70.2 Å². The third-order valence-electron chi connectivity index (χ3n) is 4.84. The Morgan fingerprint density at radius 1 is 1.44 bits per heavy atom. The van der Waals surface area contributed by atoms with E-state index in [0.717, 1.165) is 32.2 Å². The molecule has 104 valence electrons. The van der Waals surface area contributed by atoms with E-state index in [2.05, 4.69) is 19.2 Å². The fraction of sp³-hybridized carbons (Fsp3) is 0.929. The highest BCUT2D eigenvalue weighted by Gasteiger charge is 2.50. The van der Waals surface area contributed by atoms with Crippen molar-refractivity contribution in [2.24, 2.45) is 0 Å². The van der Waals surface area contributed by atoms with Gasteiger partial charge in [-0.1, -0.05) is 13.8 Å². The van der Waals surface area contributed by atoms with Gasteiger partial charge in [-0.05, 0) is 39.0 Å². The summed E-state index contributed by atoms with van der Waals surface area (Å²) in [7, 11) is 1.77. The molecule has 2 atom stereocenters. The quantitative estimate of drug-likeness (QED) is 0.814. The molecule has 1 amide bonds. The van der Waals surface area contributed by atoms with Gasteiger partial charge in [0.2, 0.25) is 5.91 Å². The molecular weight excluding hydrogens is 228 g/mol. The second-order valence-electron chi connectivity index (χ2n) is 5.93. The molecule has 0 spiro atoms. The van der Waals surface area contributed by atoms with Gasteiger partial charge in [0.25, 0.3) is 0 Å². The van der Waals surface area contributed by atoms with Crippen LogP contribution in [0, 0.1) is 0 Å². The molecule has 1 aliphatic heterocycles. The first kappa shape index (κ1) is 13.8. The van der Waals surface area contributed by atoms with E-state index < -0.39 is 0 Å². The van der Waals surface area contributed by atoms with E-state index in [0.29, 0.717) is 0 Å². The Kier molecular flexibility index (Phi) is 3.70. The summed E-state index contributed by atoms with van der Waals surface area (Å²) in [5, 5.41) is 3.48. The number of carbonyl (C=O) groups excluding carboxylic acids is 1. The summed E-state index contributed by atoms with van der Waals surface area (Å²) in [6.07, 6.45) is 5.31. The Balaban J connectivity index is 2.13. The Bertz CT molecular complexity index is 322. The molecule has 0 radical (unpaired) electrons. The van der Waals surface area contributed by atoms with Crippen LogP contribution >= 0.6 is 0 Å². The van der Waals surface area contributed by atoms with Gasteiger partial charge in [-0.3, -0.25) is 10.1 Å². The van der Waals surface area contributed by atoms with Crippen LogP contribution in [0.5, 0.6) is 0 Å². The van der Waals surface area contributed by atoms with E-state index in [1.807, 2.05) is 11.8 Å². The van der Waals surface area contributed by atoms with Crippen LogP contribution in [0.2, 0.25) is 0 Å². The highest BCUT2D eigenvalue weighted by Crippen LogP contribution is 2.38. The van der Waals surface area contributed by atoms with E-state index in [4.69, 9.17) is 4.74 Å². The minimum absolute atomic E-state index is 0.0796. The first-order valence-electron chi connectivity index (χ1n) is 7.14. The number of hydrogen-bond acceptors (Lipinski definition) is 3. The van der Waals surface area contributed by atoms with Crippen molar-refractivity contribution in [3.63, 3.8) is 0 Å². The molecule has 1 saturated heterocycles. The van der Waals surface area contributed by atoms with Gasteiger partial charge in [-0.25, -0.2) is 0 Å². The van der Waals surface area contributed by atoms with Gasteiger partial charge in [0.1, 0.15) is 0 Å². The predicted octanol–water partition coefficient (Wildman–Crippen LogP) is 1.89. The van der Waals surface area contributed by atoms with E-state index >= 15 is 0 Å². The fourth-order valence-electron chi connectivity index (χ4n) is 3.03. The molecule has 0 bridgehead atoms. The molecule has 1 heterocycles. The molecule has 0 aromatic rings. The topological polar surface area (TPSA) is 41.6 Å². The van der Waals surface area contributed by atoms with Gasteiger partial charge >= 0.3 is 0 Å². The van der Waals surface area contributed by atoms with Crippen LogP contribution in [0.25, 0.3) is 0 Å². The Morgan fingerprint density at radius 3 is 2.50 bits per heavy atom. The largest absolute Gasteiger partial charge is 0.376 e. The lowest BCUT2D eigenvalue weighted by atomic mass is 9.79. The maximum Gasteiger partial charge on any atom is 0.243 e. The molecule has 1 N–H and O–H groups in total. The van der Waals surface area contributed by atoms with E-state index in [1.54, 1.807) is 7.11 Å². The summed E-state index contributed by atoms with van der Waals surface area (Å²) in [6, 6.07) is 0. The van der Waals surface area contributed by atoms with Gasteiger partial charge in [-0.2, -0.15) is 0 Å². The van der Waals surface area contributed by atoms with Crippen LogP contribution < -0.4 is 5.32 Å². The summed E-state index contributed by atoms with van der Waals surface area (Å²) in [6.45, 7) is 6.94. The molecule has 0 aromatic heterocycles. The molecule has 2 fully saturated rings. The Morgan fingerprint density at radius 2 is 2.11 bits per heavy atom. The number of amides is 1. The average Bonchev–Trinajstić information content (AvgIpc) is 2.58. The van der Waals surface area contributed by atoms with Crippen molar-refractivity contribution < 1.29 is 9.53 Å². The number of rotatable bonds is 5. The van der Waals surface area contributed by atoms with Crippen molar-refractivity contribution in [1.29, 1.82) is 0 Å². The first-order chi connectivity index (χ1) is 8.50. The summed E-state index contributed by atoms with van der Waals surface area (Å²) in [4.78, 5) is 14.6. The molecule has 0 aromatic carbocycles. The zero-order valence-electron chi connectivity index (χ0n) is 12.1. The first-order valence-corrected chi connectivity index (χ1v) is 7.14. The highest BCUT2D eigenvalue weighted by molar-refractivity contribution is 5.88. The number of ether oxygens (including phenoxy) is 1. The van der Waals surface area contributed by atoms with Crippen LogP contribution in [0.1, 0.15) is 52.9 Å². The van der Waals surface area contributed by atoms with Crippen LogP contribution in [0.15, 0.2) is 0 Å². The second kappa shape index (κ2) is 4.82. The fourth-order valence-corrected chi connectivity index (χ4v) is 3.03. The smallest absolute Gasteiger partial charge is 0.243 e. The number of carbonyl (C=O) groups is 1. The molecular formula is C14H26N2O2. The average molecular weight is 254 g/mol. The van der Waals surface area contributed by atoms with Gasteiger partial charge in [0.05, 0.1) is 23.9 Å². The lowest BCUT2D eigenvalue weighted by molar-refractivity contribution is -0.142. The summed E-state index contributed by atoms with van der Waals surface area (Å²) < 4.78 is 5.66. The van der Waals surface area contributed by atoms with Crippen LogP contribution in [-0.2, 0) is 9.53 Å². The molecule has 1 saturated carbocycles. The van der Waals surface area contributed by atoms with Crippen molar-refractivity contribution in [3.05, 3.63) is 0 Å². The zero-order valence-corrected chi connectivity index (χ0v) is 12.1. The zero-order chi connectivity index (χ0) is 13.4. The SMILES string of the molecule is CCC1NC(C)(CC)C(=O)N1CC1(OC)CCC1. The summed E-state index contributed by atoms with van der Waals surface area (Å²) >= 11 is 0. The Hall–Kier alpha value is -0.610.